The van der Waals surface area contributed by atoms with E-state index in [2.05, 4.69) is 10.6 Å². The van der Waals surface area contributed by atoms with Crippen molar-refractivity contribution in [3.63, 3.8) is 0 Å². The van der Waals surface area contributed by atoms with Crippen LogP contribution in [0.25, 0.3) is 0 Å². The second-order valence-corrected chi connectivity index (χ2v) is 7.98. The van der Waals surface area contributed by atoms with Crippen LogP contribution in [-0.2, 0) is 13.2 Å². The van der Waals surface area contributed by atoms with E-state index in [4.69, 9.17) is 16.3 Å². The number of carbonyl (C=O) groups excluding carboxylic acids is 2. The van der Waals surface area contributed by atoms with Gasteiger partial charge < -0.3 is 15.4 Å². The summed E-state index contributed by atoms with van der Waals surface area (Å²) in [7, 11) is 0. The average Bonchev–Trinajstić information content (AvgIpc) is 2.88. The third kappa shape index (κ3) is 6.03. The van der Waals surface area contributed by atoms with Crippen molar-refractivity contribution in [1.82, 2.24) is 5.32 Å². The summed E-state index contributed by atoms with van der Waals surface area (Å²) in [6.07, 6.45) is 0. The second kappa shape index (κ2) is 11.2. The molecule has 0 aliphatic carbocycles. The van der Waals surface area contributed by atoms with Crippen molar-refractivity contribution in [2.45, 2.75) is 13.2 Å². The van der Waals surface area contributed by atoms with Gasteiger partial charge in [-0.3, -0.25) is 9.59 Å². The van der Waals surface area contributed by atoms with Crippen LogP contribution in [0, 0.1) is 0 Å². The molecule has 0 bridgehead atoms. The van der Waals surface area contributed by atoms with Crippen molar-refractivity contribution in [3.8, 4) is 5.75 Å². The Morgan fingerprint density at radius 2 is 1.41 bits per heavy atom. The van der Waals surface area contributed by atoms with Crippen molar-refractivity contribution in [3.05, 3.63) is 130 Å². The van der Waals surface area contributed by atoms with Crippen LogP contribution >= 0.6 is 11.6 Å². The van der Waals surface area contributed by atoms with E-state index in [1.807, 2.05) is 54.6 Å². The first kappa shape index (κ1) is 23.1. The highest BCUT2D eigenvalue weighted by molar-refractivity contribution is 6.31. The van der Waals surface area contributed by atoms with Crippen molar-refractivity contribution in [2.75, 3.05) is 5.32 Å². The molecule has 4 aromatic carbocycles. The Morgan fingerprint density at radius 3 is 2.18 bits per heavy atom. The van der Waals surface area contributed by atoms with E-state index < -0.39 is 0 Å². The first-order valence-electron chi connectivity index (χ1n) is 10.8. The Bertz CT molecular complexity index is 1270. The Balaban J connectivity index is 1.38. The lowest BCUT2D eigenvalue weighted by molar-refractivity contribution is 0.0952. The molecule has 34 heavy (non-hydrogen) atoms. The number of anilines is 1. The number of hydrogen-bond acceptors (Lipinski definition) is 3. The van der Waals surface area contributed by atoms with Gasteiger partial charge in [-0.25, -0.2) is 0 Å². The highest BCUT2D eigenvalue weighted by Crippen LogP contribution is 2.20. The zero-order chi connectivity index (χ0) is 23.8. The van der Waals surface area contributed by atoms with Crippen molar-refractivity contribution < 1.29 is 14.3 Å². The van der Waals surface area contributed by atoms with Crippen LogP contribution in [0.15, 0.2) is 103 Å². The predicted molar refractivity (Wildman–Crippen MR) is 134 cm³/mol. The van der Waals surface area contributed by atoms with E-state index in [1.54, 1.807) is 48.5 Å². The largest absolute Gasteiger partial charge is 0.489 e. The number of hydrogen-bond donors (Lipinski definition) is 2. The molecule has 0 spiro atoms. The Labute approximate surface area is 203 Å². The molecule has 0 aromatic heterocycles. The van der Waals surface area contributed by atoms with Crippen LogP contribution in [0.2, 0.25) is 5.02 Å². The zero-order valence-electron chi connectivity index (χ0n) is 18.3. The summed E-state index contributed by atoms with van der Waals surface area (Å²) in [6, 6.07) is 30.8. The molecule has 2 N–H and O–H groups in total. The van der Waals surface area contributed by atoms with Gasteiger partial charge in [-0.05, 0) is 48.0 Å². The SMILES string of the molecule is O=C(Nc1ccccc1C(=O)NCc1ccccc1)c1ccc(OCc2ccccc2Cl)cc1. The van der Waals surface area contributed by atoms with Crippen LogP contribution in [0.4, 0.5) is 5.69 Å². The minimum atomic E-state index is -0.319. The molecule has 0 radical (unpaired) electrons. The number of rotatable bonds is 8. The summed E-state index contributed by atoms with van der Waals surface area (Å²) in [5.41, 5.74) is 3.16. The number of benzene rings is 4. The number of ether oxygens (including phenoxy) is 1. The first-order chi connectivity index (χ1) is 16.6. The number of carbonyl (C=O) groups is 2. The highest BCUT2D eigenvalue weighted by Gasteiger charge is 2.14. The Hall–Kier alpha value is -4.09. The molecule has 0 heterocycles. The van der Waals surface area contributed by atoms with Gasteiger partial charge in [-0.2, -0.15) is 0 Å². The molecule has 0 saturated heterocycles. The predicted octanol–water partition coefficient (Wildman–Crippen LogP) is 6.10. The van der Waals surface area contributed by atoms with Crippen LogP contribution < -0.4 is 15.4 Å². The highest BCUT2D eigenvalue weighted by atomic mass is 35.5. The molecular weight excluding hydrogens is 448 g/mol. The minimum absolute atomic E-state index is 0.261. The van der Waals surface area contributed by atoms with Crippen molar-refractivity contribution >= 4 is 29.1 Å². The lowest BCUT2D eigenvalue weighted by atomic mass is 10.1. The van der Waals surface area contributed by atoms with Crippen LogP contribution in [0.1, 0.15) is 31.8 Å². The van der Waals surface area contributed by atoms with Crippen LogP contribution in [0.3, 0.4) is 0 Å². The molecule has 0 aliphatic rings. The summed E-state index contributed by atoms with van der Waals surface area (Å²) in [5.74, 6) is 0.0428. The third-order valence-electron chi connectivity index (χ3n) is 5.18. The summed E-state index contributed by atoms with van der Waals surface area (Å²) < 4.78 is 5.77. The van der Waals surface area contributed by atoms with Gasteiger partial charge in [0, 0.05) is 22.7 Å². The van der Waals surface area contributed by atoms with Gasteiger partial charge in [0.15, 0.2) is 0 Å². The normalized spacial score (nSPS) is 10.4. The summed E-state index contributed by atoms with van der Waals surface area (Å²) in [6.45, 7) is 0.730. The van der Waals surface area contributed by atoms with Gasteiger partial charge in [0.2, 0.25) is 0 Å². The lowest BCUT2D eigenvalue weighted by Crippen LogP contribution is -2.24. The third-order valence-corrected chi connectivity index (χ3v) is 5.55. The van der Waals surface area contributed by atoms with E-state index in [0.717, 1.165) is 11.1 Å². The second-order valence-electron chi connectivity index (χ2n) is 7.57. The fraction of sp³-hybridized carbons (Fsp3) is 0.0714. The maximum atomic E-state index is 12.8. The minimum Gasteiger partial charge on any atom is -0.489 e. The van der Waals surface area contributed by atoms with E-state index in [0.29, 0.717) is 40.7 Å². The van der Waals surface area contributed by atoms with Gasteiger partial charge >= 0.3 is 0 Å². The molecule has 0 saturated carbocycles. The molecule has 5 nitrogen and oxygen atoms in total. The number of para-hydroxylation sites is 1. The van der Waals surface area contributed by atoms with Crippen molar-refractivity contribution in [2.24, 2.45) is 0 Å². The smallest absolute Gasteiger partial charge is 0.255 e. The van der Waals surface area contributed by atoms with Gasteiger partial charge in [0.1, 0.15) is 12.4 Å². The molecule has 2 amide bonds. The number of amides is 2. The standard InChI is InChI=1S/C28H23ClN2O3/c29-25-12-6-4-10-22(25)19-34-23-16-14-21(15-17-23)27(32)31-26-13-7-5-11-24(26)28(33)30-18-20-8-2-1-3-9-20/h1-17H,18-19H2,(H,30,33)(H,31,32). The summed E-state index contributed by atoms with van der Waals surface area (Å²) in [5, 5.41) is 6.37. The van der Waals surface area contributed by atoms with Gasteiger partial charge in [0.05, 0.1) is 11.3 Å². The van der Waals surface area contributed by atoms with E-state index >= 15 is 0 Å². The lowest BCUT2D eigenvalue weighted by Gasteiger charge is -2.12. The molecule has 4 aromatic rings. The molecule has 0 atom stereocenters. The van der Waals surface area contributed by atoms with Gasteiger partial charge in [-0.15, -0.1) is 0 Å². The first-order valence-corrected chi connectivity index (χ1v) is 11.2. The van der Waals surface area contributed by atoms with Crippen LogP contribution in [-0.4, -0.2) is 11.8 Å². The van der Waals surface area contributed by atoms with E-state index in [-0.39, 0.29) is 11.8 Å². The Kier molecular flexibility index (Phi) is 7.58. The molecule has 6 heteroatoms. The van der Waals surface area contributed by atoms with E-state index in [1.165, 1.54) is 0 Å². The molecule has 0 aliphatic heterocycles. The Morgan fingerprint density at radius 1 is 0.735 bits per heavy atom. The van der Waals surface area contributed by atoms with E-state index in [9.17, 15) is 9.59 Å². The maximum absolute atomic E-state index is 12.8. The molecule has 0 unspecified atom stereocenters. The molecule has 4 rings (SSSR count). The maximum Gasteiger partial charge on any atom is 0.255 e. The number of halogens is 1. The quantitative estimate of drug-likeness (QED) is 0.327. The summed E-state index contributed by atoms with van der Waals surface area (Å²) in [4.78, 5) is 25.5. The summed E-state index contributed by atoms with van der Waals surface area (Å²) >= 11 is 6.16. The average molecular weight is 471 g/mol. The van der Waals surface area contributed by atoms with Crippen LogP contribution in [0.5, 0.6) is 5.75 Å². The van der Waals surface area contributed by atoms with Gasteiger partial charge in [0.25, 0.3) is 11.8 Å². The number of nitrogens with one attached hydrogen (secondary N) is 2. The zero-order valence-corrected chi connectivity index (χ0v) is 19.1. The monoisotopic (exact) mass is 470 g/mol. The molecule has 170 valence electrons. The van der Waals surface area contributed by atoms with Gasteiger partial charge in [-0.1, -0.05) is 72.3 Å². The fourth-order valence-electron chi connectivity index (χ4n) is 3.34. The molecule has 0 fully saturated rings. The molecular formula is C28H23ClN2O3. The van der Waals surface area contributed by atoms with Crippen molar-refractivity contribution in [1.29, 1.82) is 0 Å². The topological polar surface area (TPSA) is 67.4 Å². The fourth-order valence-corrected chi connectivity index (χ4v) is 3.53.